The molecule has 2 aliphatic rings. The van der Waals surface area contributed by atoms with E-state index in [1.807, 2.05) is 49.4 Å². The van der Waals surface area contributed by atoms with Crippen LogP contribution in [0.15, 0.2) is 82.2 Å². The lowest BCUT2D eigenvalue weighted by Gasteiger charge is -2.19. The molecule has 0 saturated carbocycles. The number of carboxylic acid groups (broad SMARTS) is 2. The van der Waals surface area contributed by atoms with Crippen molar-refractivity contribution in [3.8, 4) is 22.5 Å². The fourth-order valence-corrected chi connectivity index (χ4v) is 5.28. The van der Waals surface area contributed by atoms with Gasteiger partial charge in [0.25, 0.3) is 5.91 Å². The number of carboxylic acids is 2. The molecule has 0 radical (unpaired) electrons. The zero-order valence-corrected chi connectivity index (χ0v) is 29.7. The predicted octanol–water partition coefficient (Wildman–Crippen LogP) is 3.23. The van der Waals surface area contributed by atoms with Crippen molar-refractivity contribution in [3.05, 3.63) is 106 Å². The fraction of sp³-hybridized carbons (Fsp3) is 0.263. The molecule has 1 aliphatic heterocycles. The quantitative estimate of drug-likeness (QED) is 0.124. The maximum absolute atomic E-state index is 13.7. The smallest absolute Gasteiger partial charge is 0.430 e. The molecule has 10 nitrogen and oxygen atoms in total. The number of hydrogen-bond donors (Lipinski definition) is 3. The monoisotopic (exact) mass is 760 g/mol. The molecule has 0 saturated heterocycles. The largest absolute Gasteiger partial charge is 0.542 e. The number of fused-ring (bicyclic) bond motifs is 2. The highest BCUT2D eigenvalue weighted by Gasteiger charge is 2.29. The van der Waals surface area contributed by atoms with E-state index in [0.717, 1.165) is 68.7 Å². The normalized spacial score (nSPS) is 11.7. The van der Waals surface area contributed by atoms with Crippen LogP contribution in [-0.4, -0.2) is 43.3 Å². The molecule has 3 aromatic rings. The van der Waals surface area contributed by atoms with Gasteiger partial charge in [0, 0.05) is 58.4 Å². The molecule has 5 rings (SSSR count). The second kappa shape index (κ2) is 18.3. The molecule has 1 aliphatic carbocycles. The molecule has 1 amide bonds. The van der Waals surface area contributed by atoms with Gasteiger partial charge in [0.2, 0.25) is 0 Å². The first-order valence-electron chi connectivity index (χ1n) is 16.5. The van der Waals surface area contributed by atoms with E-state index in [1.54, 1.807) is 0 Å². The Morgan fingerprint density at radius 2 is 1.39 bits per heavy atom. The van der Waals surface area contributed by atoms with Crippen LogP contribution in [0.4, 0.5) is 32.0 Å². The topological polar surface area (TPSA) is 179 Å². The highest BCUT2D eigenvalue weighted by molar-refractivity contribution is 6.09. The second-order valence-corrected chi connectivity index (χ2v) is 11.8. The number of nitrogens with zero attached hydrogens (tertiary/aromatic N) is 1. The zero-order chi connectivity index (χ0) is 40.4. The molecule has 1 heterocycles. The van der Waals surface area contributed by atoms with Gasteiger partial charge in [-0.2, -0.15) is 26.3 Å². The number of nitrogens with one attached hydrogen (secondary N) is 1. The maximum Gasteiger partial charge on any atom is 0.430 e. The van der Waals surface area contributed by atoms with Crippen LogP contribution in [0.25, 0.3) is 33.4 Å². The number of halogens is 6. The van der Waals surface area contributed by atoms with Gasteiger partial charge in [-0.3, -0.25) is 9.79 Å². The Kier molecular flexibility index (Phi) is 14.5. The SMILES string of the molecule is CCN=c1cc2oc3cc([NH2+]CC)c(C)cc3c(-c3ccccc3C(=O)NCc3ccc(C[NH3+])cc3)c-2cc1C.O=C([O-])C(F)(F)F.O=C([O-])C(F)(F)F. The van der Waals surface area contributed by atoms with Gasteiger partial charge in [0.15, 0.2) is 0 Å². The van der Waals surface area contributed by atoms with Crippen LogP contribution >= 0.6 is 0 Å². The minimum atomic E-state index is -5.19. The lowest BCUT2D eigenvalue weighted by atomic mass is 9.89. The van der Waals surface area contributed by atoms with E-state index >= 15 is 0 Å². The van der Waals surface area contributed by atoms with Crippen molar-refractivity contribution in [3.63, 3.8) is 0 Å². The molecule has 0 aromatic heterocycles. The van der Waals surface area contributed by atoms with Crippen LogP contribution in [0, 0.1) is 13.8 Å². The van der Waals surface area contributed by atoms with E-state index in [0.29, 0.717) is 18.7 Å². The Hall–Kier alpha value is -5.74. The van der Waals surface area contributed by atoms with Crippen LogP contribution in [0.5, 0.6) is 0 Å². The average Bonchev–Trinajstić information content (AvgIpc) is 3.11. The van der Waals surface area contributed by atoms with E-state index in [9.17, 15) is 31.1 Å². The standard InChI is InChI=1S/C34H36N4O2.2C2HF3O2/c1-5-36-29-17-31-27(15-21(29)3)33(28-16-22(4)30(37-6-2)18-32(28)40-31)25-9-7-8-10-26(25)34(39)38-20-24-13-11-23(19-35)12-14-24;2*3-2(4,5)1(6)7/h7-18,36H,5-6,19-20,35H2,1-4H3,(H,38,39);2*(H,6,7). The summed E-state index contributed by atoms with van der Waals surface area (Å²) in [5, 5.41) is 24.8. The van der Waals surface area contributed by atoms with Gasteiger partial charge in [-0.05, 0) is 62.6 Å². The van der Waals surface area contributed by atoms with Crippen LogP contribution < -0.4 is 31.9 Å². The molecular formula is C38H38F6N4O6. The minimum absolute atomic E-state index is 0.110. The van der Waals surface area contributed by atoms with Crippen LogP contribution in [0.2, 0.25) is 0 Å². The third-order valence-corrected chi connectivity index (χ3v) is 7.85. The Bertz CT molecular complexity index is 2120. The van der Waals surface area contributed by atoms with Gasteiger partial charge in [0.1, 0.15) is 29.0 Å². The molecule has 0 atom stereocenters. The van der Waals surface area contributed by atoms with Gasteiger partial charge in [-0.15, -0.1) is 0 Å². The minimum Gasteiger partial charge on any atom is -0.542 e. The lowest BCUT2D eigenvalue weighted by Crippen LogP contribution is -2.77. The molecule has 3 aromatic carbocycles. The number of quaternary nitrogens is 2. The second-order valence-electron chi connectivity index (χ2n) is 11.8. The summed E-state index contributed by atoms with van der Waals surface area (Å²) < 4.78 is 69.6. The summed E-state index contributed by atoms with van der Waals surface area (Å²) in [6.07, 6.45) is -10.4. The summed E-state index contributed by atoms with van der Waals surface area (Å²) in [6.45, 7) is 11.2. The van der Waals surface area contributed by atoms with Crippen molar-refractivity contribution in [2.75, 3.05) is 13.1 Å². The number of aryl methyl sites for hydroxylation is 2. The Labute approximate surface area is 305 Å². The Balaban J connectivity index is 0.000000476. The van der Waals surface area contributed by atoms with Crippen molar-refractivity contribution >= 4 is 34.5 Å². The zero-order valence-electron chi connectivity index (χ0n) is 29.7. The summed E-state index contributed by atoms with van der Waals surface area (Å²) in [7, 11) is 0. The van der Waals surface area contributed by atoms with Crippen LogP contribution in [0.1, 0.15) is 46.5 Å². The number of rotatable bonds is 8. The van der Waals surface area contributed by atoms with Crippen LogP contribution in [0.3, 0.4) is 0 Å². The number of nitrogens with two attached hydrogens (primary N) is 1. The molecular weight excluding hydrogens is 722 g/mol. The van der Waals surface area contributed by atoms with E-state index < -0.39 is 24.3 Å². The maximum atomic E-state index is 13.7. The number of amides is 1. The molecule has 16 heteroatoms. The van der Waals surface area contributed by atoms with E-state index in [1.165, 1.54) is 11.1 Å². The van der Waals surface area contributed by atoms with Crippen molar-refractivity contribution < 1.29 is 66.4 Å². The first-order valence-corrected chi connectivity index (χ1v) is 16.5. The fourth-order valence-electron chi connectivity index (χ4n) is 5.28. The molecule has 0 bridgehead atoms. The molecule has 0 unspecified atom stereocenters. The number of hydrogen-bond acceptors (Lipinski definition) is 7. The highest BCUT2D eigenvalue weighted by atomic mass is 19.4. The van der Waals surface area contributed by atoms with Crippen molar-refractivity contribution in [2.24, 2.45) is 4.99 Å². The molecule has 54 heavy (non-hydrogen) atoms. The van der Waals surface area contributed by atoms with E-state index in [-0.39, 0.29) is 5.91 Å². The summed E-state index contributed by atoms with van der Waals surface area (Å²) in [4.78, 5) is 35.9. The number of aliphatic carboxylic acids is 2. The predicted molar refractivity (Wildman–Crippen MR) is 182 cm³/mol. The summed E-state index contributed by atoms with van der Waals surface area (Å²) in [6, 6.07) is 24.5. The van der Waals surface area contributed by atoms with E-state index in [4.69, 9.17) is 24.2 Å². The third kappa shape index (κ3) is 11.1. The average molecular weight is 761 g/mol. The number of carbonyl (C=O) groups excluding carboxylic acids is 3. The summed E-state index contributed by atoms with van der Waals surface area (Å²) in [5.41, 5.74) is 13.8. The van der Waals surface area contributed by atoms with Gasteiger partial charge in [-0.1, -0.05) is 42.5 Å². The van der Waals surface area contributed by atoms with Gasteiger partial charge in [0.05, 0.1) is 18.4 Å². The Morgan fingerprint density at radius 1 is 0.815 bits per heavy atom. The molecule has 288 valence electrons. The number of benzene rings is 4. The first kappa shape index (κ1) is 42.7. The molecule has 6 N–H and O–H groups in total. The van der Waals surface area contributed by atoms with E-state index in [2.05, 4.69) is 72.5 Å². The lowest BCUT2D eigenvalue weighted by molar-refractivity contribution is -0.568. The molecule has 0 spiro atoms. The van der Waals surface area contributed by atoms with Gasteiger partial charge in [-0.25, -0.2) is 0 Å². The van der Waals surface area contributed by atoms with Gasteiger partial charge < -0.3 is 40.6 Å². The van der Waals surface area contributed by atoms with Gasteiger partial charge >= 0.3 is 12.4 Å². The number of carbonyl (C=O) groups is 3. The molecule has 0 fully saturated rings. The Morgan fingerprint density at radius 3 is 1.93 bits per heavy atom. The summed E-state index contributed by atoms with van der Waals surface area (Å²) in [5.74, 6) is -5.37. The summed E-state index contributed by atoms with van der Waals surface area (Å²) >= 11 is 0. The van der Waals surface area contributed by atoms with Crippen molar-refractivity contribution in [1.82, 2.24) is 5.32 Å². The first-order chi connectivity index (χ1) is 25.3. The van der Waals surface area contributed by atoms with Crippen molar-refractivity contribution in [1.29, 1.82) is 0 Å². The van der Waals surface area contributed by atoms with Crippen LogP contribution in [-0.2, 0) is 22.7 Å². The highest BCUT2D eigenvalue weighted by Crippen LogP contribution is 2.42. The van der Waals surface area contributed by atoms with Crippen molar-refractivity contribution in [2.45, 2.75) is 53.1 Å². The third-order valence-electron chi connectivity index (χ3n) is 7.85. The number of alkyl halides is 6.